The zero-order chi connectivity index (χ0) is 13.5. The summed E-state index contributed by atoms with van der Waals surface area (Å²) < 4.78 is 5.59. The fourth-order valence-electron chi connectivity index (χ4n) is 1.69. The van der Waals surface area contributed by atoms with Crippen LogP contribution in [0, 0.1) is 0 Å². The van der Waals surface area contributed by atoms with Crippen LogP contribution < -0.4 is 10.5 Å². The van der Waals surface area contributed by atoms with E-state index in [-0.39, 0.29) is 6.04 Å². The lowest BCUT2D eigenvalue weighted by Gasteiger charge is -2.15. The number of hydrogen-bond acceptors (Lipinski definition) is 5. The first kappa shape index (κ1) is 13.8. The Kier molecular flexibility index (Phi) is 5.18. The van der Waals surface area contributed by atoms with Gasteiger partial charge >= 0.3 is 0 Å². The molecule has 2 N–H and O–H groups in total. The highest BCUT2D eigenvalue weighted by molar-refractivity contribution is 7.99. The smallest absolute Gasteiger partial charge is 0.187 e. The molecule has 0 radical (unpaired) electrons. The molecule has 0 aliphatic heterocycles. The molecule has 2 rings (SSSR count). The molecule has 0 aliphatic rings. The second kappa shape index (κ2) is 7.11. The van der Waals surface area contributed by atoms with Crippen molar-refractivity contribution in [3.8, 4) is 5.75 Å². The van der Waals surface area contributed by atoms with E-state index in [2.05, 4.69) is 9.97 Å². The topological polar surface area (TPSA) is 61.0 Å². The maximum atomic E-state index is 6.22. The molecule has 1 aromatic carbocycles. The van der Waals surface area contributed by atoms with Gasteiger partial charge in [0.1, 0.15) is 5.75 Å². The Hall–Kier alpha value is -1.59. The average Bonchev–Trinajstić information content (AvgIpc) is 2.47. The second-order valence-electron chi connectivity index (χ2n) is 3.92. The van der Waals surface area contributed by atoms with E-state index in [1.807, 2.05) is 31.2 Å². The van der Waals surface area contributed by atoms with Crippen molar-refractivity contribution in [2.45, 2.75) is 18.1 Å². The summed E-state index contributed by atoms with van der Waals surface area (Å²) in [6, 6.07) is 9.58. The molecule has 5 heteroatoms. The molecule has 1 aromatic heterocycles. The minimum atomic E-state index is -0.100. The third-order valence-corrected chi connectivity index (χ3v) is 3.55. The van der Waals surface area contributed by atoms with Crippen LogP contribution in [0.5, 0.6) is 5.75 Å². The first-order valence-electron chi connectivity index (χ1n) is 6.18. The Labute approximate surface area is 117 Å². The maximum absolute atomic E-state index is 6.22. The van der Waals surface area contributed by atoms with E-state index in [1.54, 1.807) is 30.2 Å². The standard InChI is InChI=1S/C14H17N3OS/c1-2-18-13-7-4-3-6-11(13)12(15)10-19-14-16-8-5-9-17-14/h3-9,12H,2,10,15H2,1H3. The first-order chi connectivity index (χ1) is 9.31. The van der Waals surface area contributed by atoms with Crippen molar-refractivity contribution in [1.82, 2.24) is 9.97 Å². The van der Waals surface area contributed by atoms with E-state index < -0.39 is 0 Å². The first-order valence-corrected chi connectivity index (χ1v) is 7.17. The number of para-hydroxylation sites is 1. The number of ether oxygens (including phenoxy) is 1. The highest BCUT2D eigenvalue weighted by atomic mass is 32.2. The summed E-state index contributed by atoms with van der Waals surface area (Å²) in [7, 11) is 0. The molecule has 1 unspecified atom stereocenters. The van der Waals surface area contributed by atoms with E-state index in [9.17, 15) is 0 Å². The van der Waals surface area contributed by atoms with Crippen LogP contribution in [0.3, 0.4) is 0 Å². The van der Waals surface area contributed by atoms with Gasteiger partial charge in [-0.25, -0.2) is 9.97 Å². The maximum Gasteiger partial charge on any atom is 0.187 e. The van der Waals surface area contributed by atoms with E-state index in [0.717, 1.165) is 16.5 Å². The second-order valence-corrected chi connectivity index (χ2v) is 4.91. The van der Waals surface area contributed by atoms with Crippen LogP contribution in [0.15, 0.2) is 47.9 Å². The van der Waals surface area contributed by atoms with Gasteiger partial charge in [0.15, 0.2) is 5.16 Å². The fourth-order valence-corrected chi connectivity index (χ4v) is 2.47. The Balaban J connectivity index is 2.01. The lowest BCUT2D eigenvalue weighted by Crippen LogP contribution is -2.14. The predicted octanol–water partition coefficient (Wildman–Crippen LogP) is 2.67. The summed E-state index contributed by atoms with van der Waals surface area (Å²) in [5.74, 6) is 1.57. The summed E-state index contributed by atoms with van der Waals surface area (Å²) in [5.41, 5.74) is 7.24. The quantitative estimate of drug-likeness (QED) is 0.648. The van der Waals surface area contributed by atoms with Gasteiger partial charge in [-0.2, -0.15) is 0 Å². The number of aromatic nitrogens is 2. The number of hydrogen-bond donors (Lipinski definition) is 1. The Morgan fingerprint density at radius 2 is 1.95 bits per heavy atom. The molecule has 0 saturated carbocycles. The molecule has 2 aromatic rings. The molecule has 0 saturated heterocycles. The van der Waals surface area contributed by atoms with Crippen molar-refractivity contribution in [3.63, 3.8) is 0 Å². The van der Waals surface area contributed by atoms with Gasteiger partial charge in [-0.05, 0) is 19.1 Å². The third kappa shape index (κ3) is 3.94. The van der Waals surface area contributed by atoms with Gasteiger partial charge in [0, 0.05) is 29.8 Å². The Morgan fingerprint density at radius 3 is 2.68 bits per heavy atom. The SMILES string of the molecule is CCOc1ccccc1C(N)CSc1ncccn1. The lowest BCUT2D eigenvalue weighted by atomic mass is 10.1. The number of thioether (sulfide) groups is 1. The molecule has 1 heterocycles. The van der Waals surface area contributed by atoms with Crippen LogP contribution in [0.4, 0.5) is 0 Å². The van der Waals surface area contributed by atoms with Gasteiger partial charge in [0.05, 0.1) is 6.61 Å². The minimum absolute atomic E-state index is 0.100. The van der Waals surface area contributed by atoms with Crippen molar-refractivity contribution in [2.75, 3.05) is 12.4 Å². The highest BCUT2D eigenvalue weighted by Gasteiger charge is 2.12. The third-order valence-electron chi connectivity index (χ3n) is 2.55. The van der Waals surface area contributed by atoms with E-state index in [0.29, 0.717) is 12.4 Å². The molecule has 0 aliphatic carbocycles. The van der Waals surface area contributed by atoms with Gasteiger partial charge in [-0.15, -0.1) is 0 Å². The van der Waals surface area contributed by atoms with Crippen LogP contribution in [0.2, 0.25) is 0 Å². The minimum Gasteiger partial charge on any atom is -0.494 e. The molecule has 1 atom stereocenters. The predicted molar refractivity (Wildman–Crippen MR) is 77.3 cm³/mol. The number of nitrogens with two attached hydrogens (primary N) is 1. The van der Waals surface area contributed by atoms with Crippen molar-refractivity contribution in [1.29, 1.82) is 0 Å². The van der Waals surface area contributed by atoms with Gasteiger partial charge in [0.2, 0.25) is 0 Å². The van der Waals surface area contributed by atoms with Crippen LogP contribution in [-0.4, -0.2) is 22.3 Å². The zero-order valence-corrected chi connectivity index (χ0v) is 11.6. The van der Waals surface area contributed by atoms with Gasteiger partial charge < -0.3 is 10.5 Å². The highest BCUT2D eigenvalue weighted by Crippen LogP contribution is 2.27. The molecule has 100 valence electrons. The van der Waals surface area contributed by atoms with Crippen molar-refractivity contribution in [2.24, 2.45) is 5.73 Å². The number of benzene rings is 1. The van der Waals surface area contributed by atoms with Gasteiger partial charge in [0.25, 0.3) is 0 Å². The van der Waals surface area contributed by atoms with Crippen LogP contribution in [0.1, 0.15) is 18.5 Å². The normalized spacial score (nSPS) is 12.1. The van der Waals surface area contributed by atoms with Crippen molar-refractivity contribution < 1.29 is 4.74 Å². The molecule has 0 amide bonds. The zero-order valence-electron chi connectivity index (χ0n) is 10.8. The number of rotatable bonds is 6. The molecular formula is C14H17N3OS. The lowest BCUT2D eigenvalue weighted by molar-refractivity contribution is 0.335. The summed E-state index contributed by atoms with van der Waals surface area (Å²) in [6.07, 6.45) is 3.46. The number of nitrogens with zero attached hydrogens (tertiary/aromatic N) is 2. The van der Waals surface area contributed by atoms with E-state index >= 15 is 0 Å². The summed E-state index contributed by atoms with van der Waals surface area (Å²) >= 11 is 1.55. The molecule has 19 heavy (non-hydrogen) atoms. The van der Waals surface area contributed by atoms with Crippen LogP contribution in [0.25, 0.3) is 0 Å². The Morgan fingerprint density at radius 1 is 1.21 bits per heavy atom. The van der Waals surface area contributed by atoms with E-state index in [4.69, 9.17) is 10.5 Å². The summed E-state index contributed by atoms with van der Waals surface area (Å²) in [5, 5.41) is 0.742. The molecule has 4 nitrogen and oxygen atoms in total. The van der Waals surface area contributed by atoms with E-state index in [1.165, 1.54) is 0 Å². The van der Waals surface area contributed by atoms with Crippen molar-refractivity contribution in [3.05, 3.63) is 48.3 Å². The molecule has 0 bridgehead atoms. The molecule has 0 fully saturated rings. The molecular weight excluding hydrogens is 258 g/mol. The van der Waals surface area contributed by atoms with Crippen LogP contribution in [-0.2, 0) is 0 Å². The monoisotopic (exact) mass is 275 g/mol. The largest absolute Gasteiger partial charge is 0.494 e. The summed E-state index contributed by atoms with van der Waals surface area (Å²) in [4.78, 5) is 8.34. The van der Waals surface area contributed by atoms with Gasteiger partial charge in [-0.1, -0.05) is 30.0 Å². The summed E-state index contributed by atoms with van der Waals surface area (Å²) in [6.45, 7) is 2.60. The van der Waals surface area contributed by atoms with Gasteiger partial charge in [-0.3, -0.25) is 0 Å². The average molecular weight is 275 g/mol. The van der Waals surface area contributed by atoms with Crippen molar-refractivity contribution >= 4 is 11.8 Å². The Bertz CT molecular complexity index is 507. The molecule has 0 spiro atoms. The fraction of sp³-hybridized carbons (Fsp3) is 0.286. The van der Waals surface area contributed by atoms with Crippen LogP contribution >= 0.6 is 11.8 Å².